The minimum Gasteiger partial charge on any atom is -0.357 e. The molecule has 1 aromatic heterocycles. The van der Waals surface area contributed by atoms with Crippen LogP contribution in [0.3, 0.4) is 0 Å². The molecule has 1 aromatic carbocycles. The zero-order chi connectivity index (χ0) is 15.3. The molecule has 3 amide bonds. The summed E-state index contributed by atoms with van der Waals surface area (Å²) in [6.45, 7) is 1.53. The van der Waals surface area contributed by atoms with Gasteiger partial charge in [-0.05, 0) is 6.07 Å². The molecule has 3 N–H and O–H groups in total. The lowest BCUT2D eigenvalue weighted by atomic mass is 10.0. The fraction of sp³-hybridized carbons (Fsp3) is 0.333. The highest BCUT2D eigenvalue weighted by Crippen LogP contribution is 2.31. The second kappa shape index (κ2) is 4.91. The van der Waals surface area contributed by atoms with Gasteiger partial charge >= 0.3 is 6.03 Å². The van der Waals surface area contributed by atoms with Gasteiger partial charge in [0.25, 0.3) is 0 Å². The summed E-state index contributed by atoms with van der Waals surface area (Å²) in [5.74, 6) is -0.0413. The Morgan fingerprint density at radius 1 is 1.36 bits per heavy atom. The van der Waals surface area contributed by atoms with Crippen LogP contribution in [-0.2, 0) is 17.8 Å². The summed E-state index contributed by atoms with van der Waals surface area (Å²) in [5, 5.41) is 7.02. The number of benzene rings is 1. The van der Waals surface area contributed by atoms with Crippen LogP contribution in [0.15, 0.2) is 18.2 Å². The van der Waals surface area contributed by atoms with Crippen molar-refractivity contribution < 1.29 is 9.59 Å². The third kappa shape index (κ3) is 2.02. The van der Waals surface area contributed by atoms with E-state index in [2.05, 4.69) is 15.6 Å². The number of para-hydroxylation sites is 1. The van der Waals surface area contributed by atoms with Gasteiger partial charge in [0, 0.05) is 42.7 Å². The van der Waals surface area contributed by atoms with Crippen LogP contribution in [0.25, 0.3) is 10.9 Å². The molecule has 1 fully saturated rings. The zero-order valence-electron chi connectivity index (χ0n) is 11.8. The molecule has 1 saturated heterocycles. The number of amides is 3. The second-order valence-electron chi connectivity index (χ2n) is 5.66. The van der Waals surface area contributed by atoms with Gasteiger partial charge in [-0.1, -0.05) is 23.7 Å². The van der Waals surface area contributed by atoms with Gasteiger partial charge in [0.15, 0.2) is 0 Å². The smallest absolute Gasteiger partial charge is 0.315 e. The van der Waals surface area contributed by atoms with Gasteiger partial charge in [0.1, 0.15) is 6.04 Å². The lowest BCUT2D eigenvalue weighted by Crippen LogP contribution is -2.47. The summed E-state index contributed by atoms with van der Waals surface area (Å²) in [7, 11) is 0. The minimum atomic E-state index is -0.470. The van der Waals surface area contributed by atoms with E-state index in [1.807, 2.05) is 18.2 Å². The predicted octanol–water partition coefficient (Wildman–Crippen LogP) is 1.39. The van der Waals surface area contributed by atoms with Gasteiger partial charge in [-0.2, -0.15) is 0 Å². The molecule has 1 atom stereocenters. The predicted molar refractivity (Wildman–Crippen MR) is 82.8 cm³/mol. The van der Waals surface area contributed by atoms with E-state index in [1.165, 1.54) is 0 Å². The number of hydrogen-bond acceptors (Lipinski definition) is 2. The molecule has 22 heavy (non-hydrogen) atoms. The van der Waals surface area contributed by atoms with Crippen molar-refractivity contribution in [3.63, 3.8) is 0 Å². The lowest BCUT2D eigenvalue weighted by molar-refractivity contribution is -0.133. The molecule has 1 unspecified atom stereocenters. The molecule has 0 saturated carbocycles. The molecule has 7 heteroatoms. The van der Waals surface area contributed by atoms with Crippen LogP contribution in [-0.4, -0.2) is 41.0 Å². The van der Waals surface area contributed by atoms with Crippen LogP contribution in [0.4, 0.5) is 4.79 Å². The quantitative estimate of drug-likeness (QED) is 0.743. The van der Waals surface area contributed by atoms with Gasteiger partial charge in [0.2, 0.25) is 5.91 Å². The number of aromatic amines is 1. The van der Waals surface area contributed by atoms with E-state index in [4.69, 9.17) is 11.6 Å². The Kier molecular flexibility index (Phi) is 3.00. The first-order valence-corrected chi connectivity index (χ1v) is 7.62. The molecule has 0 spiro atoms. The van der Waals surface area contributed by atoms with E-state index in [-0.39, 0.29) is 11.9 Å². The maximum absolute atomic E-state index is 12.5. The molecule has 0 radical (unpaired) electrons. The Hall–Kier alpha value is -2.21. The molecule has 2 aromatic rings. The maximum atomic E-state index is 12.5. The molecule has 114 valence electrons. The van der Waals surface area contributed by atoms with Crippen LogP contribution in [0.5, 0.6) is 0 Å². The number of nitrogens with zero attached hydrogens (tertiary/aromatic N) is 1. The number of carbonyl (C=O) groups excluding carboxylic acids is 2. The SMILES string of the molecule is O=C1NCC(C(=O)N2CCc3[nH]c4c(Cl)cccc4c3C2)N1. The average Bonchev–Trinajstić information content (AvgIpc) is 3.11. The van der Waals surface area contributed by atoms with Crippen molar-refractivity contribution in [2.75, 3.05) is 13.1 Å². The van der Waals surface area contributed by atoms with Crippen molar-refractivity contribution in [1.29, 1.82) is 0 Å². The van der Waals surface area contributed by atoms with E-state index in [1.54, 1.807) is 4.90 Å². The van der Waals surface area contributed by atoms with E-state index in [9.17, 15) is 9.59 Å². The fourth-order valence-corrected chi connectivity index (χ4v) is 3.44. The van der Waals surface area contributed by atoms with E-state index >= 15 is 0 Å². The number of fused-ring (bicyclic) bond motifs is 3. The first-order chi connectivity index (χ1) is 10.6. The molecule has 2 aliphatic rings. The number of rotatable bonds is 1. The molecular weight excluding hydrogens is 304 g/mol. The van der Waals surface area contributed by atoms with Gasteiger partial charge in [-0.25, -0.2) is 4.79 Å². The standard InChI is InChI=1S/C15H15ClN4O2/c16-10-3-1-2-8-9-7-20(5-4-11(9)18-13(8)10)14(21)12-6-17-15(22)19-12/h1-3,12,18H,4-7H2,(H2,17,19,22). The molecular formula is C15H15ClN4O2. The van der Waals surface area contributed by atoms with Crippen molar-refractivity contribution in [3.8, 4) is 0 Å². The Balaban J connectivity index is 1.63. The number of halogens is 1. The molecule has 4 rings (SSSR count). The van der Waals surface area contributed by atoms with Gasteiger partial charge in [-0.3, -0.25) is 4.79 Å². The highest BCUT2D eigenvalue weighted by Gasteiger charge is 2.33. The van der Waals surface area contributed by atoms with Gasteiger partial charge in [0.05, 0.1) is 10.5 Å². The van der Waals surface area contributed by atoms with Crippen LogP contribution >= 0.6 is 11.6 Å². The van der Waals surface area contributed by atoms with E-state index < -0.39 is 6.04 Å². The largest absolute Gasteiger partial charge is 0.357 e. The fourth-order valence-electron chi connectivity index (χ4n) is 3.21. The van der Waals surface area contributed by atoms with E-state index in [0.29, 0.717) is 24.7 Å². The number of carbonyl (C=O) groups is 2. The topological polar surface area (TPSA) is 77.2 Å². The van der Waals surface area contributed by atoms with E-state index in [0.717, 1.165) is 28.6 Å². The average molecular weight is 319 g/mol. The number of nitrogens with one attached hydrogen (secondary N) is 3. The number of urea groups is 1. The summed E-state index contributed by atoms with van der Waals surface area (Å²) in [4.78, 5) is 28.9. The first-order valence-electron chi connectivity index (χ1n) is 7.24. The van der Waals surface area contributed by atoms with Gasteiger partial charge in [-0.15, -0.1) is 0 Å². The summed E-state index contributed by atoms with van der Waals surface area (Å²) < 4.78 is 0. The Morgan fingerprint density at radius 3 is 3.00 bits per heavy atom. The summed E-state index contributed by atoms with van der Waals surface area (Å²) >= 11 is 6.23. The first kappa shape index (κ1) is 13.5. The number of aromatic nitrogens is 1. The maximum Gasteiger partial charge on any atom is 0.315 e. The highest BCUT2D eigenvalue weighted by molar-refractivity contribution is 6.35. The molecule has 6 nitrogen and oxygen atoms in total. The molecule has 2 aliphatic heterocycles. The van der Waals surface area contributed by atoms with Gasteiger partial charge < -0.3 is 20.5 Å². The summed E-state index contributed by atoms with van der Waals surface area (Å²) in [6, 6.07) is 5.04. The van der Waals surface area contributed by atoms with Crippen LogP contribution < -0.4 is 10.6 Å². The van der Waals surface area contributed by atoms with Crippen LogP contribution in [0.1, 0.15) is 11.3 Å². The number of hydrogen-bond donors (Lipinski definition) is 3. The lowest BCUT2D eigenvalue weighted by Gasteiger charge is -2.29. The third-order valence-corrected chi connectivity index (χ3v) is 4.66. The summed E-state index contributed by atoms with van der Waals surface area (Å²) in [6.07, 6.45) is 0.764. The monoisotopic (exact) mass is 318 g/mol. The van der Waals surface area contributed by atoms with Crippen LogP contribution in [0, 0.1) is 0 Å². The Bertz CT molecular complexity index is 785. The van der Waals surface area contributed by atoms with Crippen molar-refractivity contribution in [2.24, 2.45) is 0 Å². The third-order valence-electron chi connectivity index (χ3n) is 4.34. The van der Waals surface area contributed by atoms with Crippen molar-refractivity contribution in [1.82, 2.24) is 20.5 Å². The highest BCUT2D eigenvalue weighted by atomic mass is 35.5. The van der Waals surface area contributed by atoms with Crippen molar-refractivity contribution >= 4 is 34.4 Å². The van der Waals surface area contributed by atoms with Crippen molar-refractivity contribution in [2.45, 2.75) is 19.0 Å². The summed E-state index contributed by atoms with van der Waals surface area (Å²) in [5.41, 5.74) is 3.19. The Morgan fingerprint density at radius 2 is 2.23 bits per heavy atom. The Labute approximate surface area is 131 Å². The van der Waals surface area contributed by atoms with Crippen molar-refractivity contribution in [3.05, 3.63) is 34.5 Å². The molecule has 0 bridgehead atoms. The second-order valence-corrected chi connectivity index (χ2v) is 6.07. The molecule has 0 aliphatic carbocycles. The minimum absolute atomic E-state index is 0.0413. The molecule has 3 heterocycles. The number of H-pyrrole nitrogens is 1. The zero-order valence-corrected chi connectivity index (χ0v) is 12.5. The van der Waals surface area contributed by atoms with Crippen LogP contribution in [0.2, 0.25) is 5.02 Å². The normalized spacial score (nSPS) is 20.7.